The zero-order chi connectivity index (χ0) is 18.9. The molecule has 1 aliphatic heterocycles. The molecule has 1 atom stereocenters. The summed E-state index contributed by atoms with van der Waals surface area (Å²) in [5, 5.41) is 0.636. The van der Waals surface area contributed by atoms with Crippen LogP contribution in [0.15, 0.2) is 35.6 Å². The van der Waals surface area contributed by atoms with E-state index in [0.717, 1.165) is 29.1 Å². The molecule has 138 valence electrons. The van der Waals surface area contributed by atoms with Crippen LogP contribution in [-0.4, -0.2) is 34.3 Å². The monoisotopic (exact) mass is 371 g/mol. The largest absolute Gasteiger partial charge is 0.497 e. The second-order valence-electron chi connectivity index (χ2n) is 7.34. The van der Waals surface area contributed by atoms with Gasteiger partial charge in [-0.25, -0.2) is 9.97 Å². The van der Waals surface area contributed by atoms with Crippen LogP contribution in [0.4, 0.5) is 5.69 Å². The minimum absolute atomic E-state index is 0.0726. The average Bonchev–Trinajstić information content (AvgIpc) is 2.59. The number of amides is 1. The fraction of sp³-hybridized carbons (Fsp3) is 0.450. The molecule has 0 N–H and O–H groups in total. The molecule has 0 radical (unpaired) electrons. The van der Waals surface area contributed by atoms with E-state index in [1.54, 1.807) is 13.3 Å². The van der Waals surface area contributed by atoms with Gasteiger partial charge in [-0.1, -0.05) is 18.7 Å². The highest BCUT2D eigenvalue weighted by molar-refractivity contribution is 7.99. The summed E-state index contributed by atoms with van der Waals surface area (Å²) in [7, 11) is 1.67. The van der Waals surface area contributed by atoms with E-state index in [9.17, 15) is 4.79 Å². The van der Waals surface area contributed by atoms with Crippen molar-refractivity contribution in [2.75, 3.05) is 17.8 Å². The van der Waals surface area contributed by atoms with Gasteiger partial charge in [0.25, 0.3) is 0 Å². The Morgan fingerprint density at radius 2 is 2.15 bits per heavy atom. The number of ether oxygens (including phenoxy) is 1. The molecule has 26 heavy (non-hydrogen) atoms. The predicted molar refractivity (Wildman–Crippen MR) is 105 cm³/mol. The fourth-order valence-corrected chi connectivity index (χ4v) is 4.42. The number of fused-ring (bicyclic) bond motifs is 1. The lowest BCUT2D eigenvalue weighted by atomic mass is 9.80. The maximum atomic E-state index is 13.1. The minimum Gasteiger partial charge on any atom is -0.497 e. The van der Waals surface area contributed by atoms with Gasteiger partial charge in [0, 0.05) is 23.1 Å². The zero-order valence-corrected chi connectivity index (χ0v) is 16.8. The quantitative estimate of drug-likeness (QED) is 0.595. The van der Waals surface area contributed by atoms with Crippen LogP contribution in [0.5, 0.6) is 5.75 Å². The standard InChI is InChI=1S/C20H25N3O2S/c1-13-11-20(3,4)23(17-7-6-15(25-5)10-16(13)17)18(24)12-26-19-21-9-8-14(2)22-19/h6-10,13H,11-12H2,1-5H3/t13-/m1/s1. The van der Waals surface area contributed by atoms with Crippen LogP contribution < -0.4 is 9.64 Å². The van der Waals surface area contributed by atoms with Crippen LogP contribution in [0.25, 0.3) is 0 Å². The van der Waals surface area contributed by atoms with Gasteiger partial charge in [-0.2, -0.15) is 0 Å². The number of anilines is 1. The lowest BCUT2D eigenvalue weighted by molar-refractivity contribution is -0.117. The predicted octanol–water partition coefficient (Wildman–Crippen LogP) is 4.20. The van der Waals surface area contributed by atoms with Crippen LogP contribution in [0.3, 0.4) is 0 Å². The number of aryl methyl sites for hydroxylation is 1. The Morgan fingerprint density at radius 3 is 2.85 bits per heavy atom. The smallest absolute Gasteiger partial charge is 0.237 e. The third kappa shape index (κ3) is 3.70. The van der Waals surface area contributed by atoms with Gasteiger partial charge in [0.15, 0.2) is 5.16 Å². The maximum Gasteiger partial charge on any atom is 0.237 e. The molecule has 1 aromatic heterocycles. The van der Waals surface area contributed by atoms with Crippen molar-refractivity contribution in [2.45, 2.75) is 50.7 Å². The molecule has 1 amide bonds. The van der Waals surface area contributed by atoms with Gasteiger partial charge in [0.1, 0.15) is 5.75 Å². The minimum atomic E-state index is -0.244. The Morgan fingerprint density at radius 1 is 1.38 bits per heavy atom. The molecular formula is C20H25N3O2S. The Bertz CT molecular complexity index is 822. The van der Waals surface area contributed by atoms with E-state index < -0.39 is 0 Å². The maximum absolute atomic E-state index is 13.1. The van der Waals surface area contributed by atoms with E-state index in [1.165, 1.54) is 11.8 Å². The number of thioether (sulfide) groups is 1. The molecule has 0 aliphatic carbocycles. The lowest BCUT2D eigenvalue weighted by Gasteiger charge is -2.46. The summed E-state index contributed by atoms with van der Waals surface area (Å²) in [6.45, 7) is 8.38. The van der Waals surface area contributed by atoms with Gasteiger partial charge in [-0.05, 0) is 62.9 Å². The van der Waals surface area contributed by atoms with E-state index in [1.807, 2.05) is 36.1 Å². The van der Waals surface area contributed by atoms with Gasteiger partial charge < -0.3 is 9.64 Å². The van der Waals surface area contributed by atoms with Gasteiger partial charge in [-0.3, -0.25) is 4.79 Å². The van der Waals surface area contributed by atoms with Crippen molar-refractivity contribution in [2.24, 2.45) is 0 Å². The summed E-state index contributed by atoms with van der Waals surface area (Å²) >= 11 is 1.38. The summed E-state index contributed by atoms with van der Waals surface area (Å²) in [5.74, 6) is 1.58. The van der Waals surface area contributed by atoms with Crippen LogP contribution in [0, 0.1) is 6.92 Å². The summed E-state index contributed by atoms with van der Waals surface area (Å²) in [6, 6.07) is 7.82. The van der Waals surface area contributed by atoms with E-state index in [0.29, 0.717) is 16.8 Å². The molecule has 1 aliphatic rings. The number of carbonyl (C=O) groups excluding carboxylic acids is 1. The van der Waals surface area contributed by atoms with Crippen LogP contribution >= 0.6 is 11.8 Å². The first-order valence-electron chi connectivity index (χ1n) is 8.75. The van der Waals surface area contributed by atoms with Gasteiger partial charge in [-0.15, -0.1) is 0 Å². The van der Waals surface area contributed by atoms with E-state index in [2.05, 4.69) is 30.7 Å². The molecule has 2 heterocycles. The zero-order valence-electron chi connectivity index (χ0n) is 15.9. The van der Waals surface area contributed by atoms with Crippen molar-refractivity contribution in [3.05, 3.63) is 41.7 Å². The third-order valence-corrected chi connectivity index (χ3v) is 5.61. The number of methoxy groups -OCH3 is 1. The molecule has 0 spiro atoms. The third-order valence-electron chi connectivity index (χ3n) is 4.76. The Kier molecular flexibility index (Phi) is 5.23. The highest BCUT2D eigenvalue weighted by atomic mass is 32.2. The second kappa shape index (κ2) is 7.27. The summed E-state index contributed by atoms with van der Waals surface area (Å²) in [6.07, 6.45) is 2.63. The first-order chi connectivity index (χ1) is 12.3. The number of carbonyl (C=O) groups is 1. The molecule has 0 saturated carbocycles. The molecule has 0 bridgehead atoms. The van der Waals surface area contributed by atoms with Crippen LogP contribution in [0.2, 0.25) is 0 Å². The van der Waals surface area contributed by atoms with Crippen molar-refractivity contribution in [1.29, 1.82) is 0 Å². The molecule has 1 aromatic carbocycles. The number of aromatic nitrogens is 2. The van der Waals surface area contributed by atoms with Crippen molar-refractivity contribution >= 4 is 23.4 Å². The van der Waals surface area contributed by atoms with E-state index in [4.69, 9.17) is 4.74 Å². The van der Waals surface area contributed by atoms with Gasteiger partial charge in [0.2, 0.25) is 5.91 Å². The molecule has 0 saturated heterocycles. The lowest BCUT2D eigenvalue weighted by Crippen LogP contribution is -2.52. The molecule has 0 fully saturated rings. The number of benzene rings is 1. The second-order valence-corrected chi connectivity index (χ2v) is 8.28. The first-order valence-corrected chi connectivity index (χ1v) is 9.74. The van der Waals surface area contributed by atoms with Crippen molar-refractivity contribution in [3.8, 4) is 5.75 Å². The fourth-order valence-electron chi connectivity index (χ4n) is 3.69. The van der Waals surface area contributed by atoms with Crippen molar-refractivity contribution in [1.82, 2.24) is 9.97 Å². The number of nitrogens with zero attached hydrogens (tertiary/aromatic N) is 3. The molecule has 3 rings (SSSR count). The summed E-state index contributed by atoms with van der Waals surface area (Å²) in [4.78, 5) is 23.7. The molecule has 5 nitrogen and oxygen atoms in total. The Labute approximate surface area is 159 Å². The van der Waals surface area contributed by atoms with Crippen LogP contribution in [0.1, 0.15) is 44.4 Å². The van der Waals surface area contributed by atoms with Crippen LogP contribution in [-0.2, 0) is 4.79 Å². The van der Waals surface area contributed by atoms with Crippen molar-refractivity contribution < 1.29 is 9.53 Å². The number of hydrogen-bond acceptors (Lipinski definition) is 5. The highest BCUT2D eigenvalue weighted by Gasteiger charge is 2.39. The van der Waals surface area contributed by atoms with Crippen molar-refractivity contribution in [3.63, 3.8) is 0 Å². The number of hydrogen-bond donors (Lipinski definition) is 0. The summed E-state index contributed by atoms with van der Waals surface area (Å²) in [5.41, 5.74) is 2.80. The molecule has 6 heteroatoms. The highest BCUT2D eigenvalue weighted by Crippen LogP contribution is 2.44. The number of rotatable bonds is 4. The Hall–Kier alpha value is -2.08. The average molecular weight is 372 g/mol. The van der Waals surface area contributed by atoms with E-state index >= 15 is 0 Å². The molecular weight excluding hydrogens is 346 g/mol. The topological polar surface area (TPSA) is 55.3 Å². The first kappa shape index (κ1) is 18.7. The molecule has 2 aromatic rings. The van der Waals surface area contributed by atoms with E-state index in [-0.39, 0.29) is 11.4 Å². The van der Waals surface area contributed by atoms with Gasteiger partial charge >= 0.3 is 0 Å². The SMILES string of the molecule is COc1ccc2c(c1)[C@H](C)CC(C)(C)N2C(=O)CSc1nccc(C)n1. The van der Waals surface area contributed by atoms with Gasteiger partial charge in [0.05, 0.1) is 12.9 Å². The summed E-state index contributed by atoms with van der Waals surface area (Å²) < 4.78 is 5.37. The molecule has 0 unspecified atom stereocenters. The Balaban J connectivity index is 1.87. The normalized spacial score (nSPS) is 18.3.